The highest BCUT2D eigenvalue weighted by Gasteiger charge is 2.28. The molecule has 2 amide bonds. The van der Waals surface area contributed by atoms with Crippen LogP contribution in [0.1, 0.15) is 45.7 Å². The molecule has 0 bridgehead atoms. The predicted octanol–water partition coefficient (Wildman–Crippen LogP) is 2.99. The molecule has 2 aromatic rings. The summed E-state index contributed by atoms with van der Waals surface area (Å²) >= 11 is 0. The number of phenols is 1. The highest BCUT2D eigenvalue weighted by molar-refractivity contribution is 5.97. The van der Waals surface area contributed by atoms with Gasteiger partial charge >= 0.3 is 0 Å². The summed E-state index contributed by atoms with van der Waals surface area (Å²) in [6.07, 6.45) is 1.87. The standard InChI is InChI=1S/C24H34N4O3/c1-15(2)21(25-6)23(31)27-18(22(30)28-20-9-7-8-12-26-20)14-16-10-11-19(29)17(13-16)24(3,4)5/h7-13,15,18,21,25,29H,14H2,1-6H3,(H,27,31)(H,26,28,30). The first kappa shape index (κ1) is 24.3. The van der Waals surface area contributed by atoms with Crippen LogP contribution in [0.25, 0.3) is 0 Å². The molecule has 2 unspecified atom stereocenters. The zero-order chi connectivity index (χ0) is 23.2. The van der Waals surface area contributed by atoms with Crippen LogP contribution in [-0.4, -0.2) is 41.0 Å². The second-order valence-electron chi connectivity index (χ2n) is 9.08. The molecule has 0 aliphatic carbocycles. The number of likely N-dealkylation sites (N-methyl/N-ethyl adjacent to an activating group) is 1. The van der Waals surface area contributed by atoms with E-state index in [4.69, 9.17) is 0 Å². The average Bonchev–Trinajstić information content (AvgIpc) is 2.69. The van der Waals surface area contributed by atoms with Gasteiger partial charge in [-0.05, 0) is 47.7 Å². The van der Waals surface area contributed by atoms with Gasteiger partial charge in [0.1, 0.15) is 17.6 Å². The second-order valence-corrected chi connectivity index (χ2v) is 9.08. The van der Waals surface area contributed by atoms with E-state index in [9.17, 15) is 14.7 Å². The molecule has 168 valence electrons. The van der Waals surface area contributed by atoms with Gasteiger partial charge < -0.3 is 21.1 Å². The monoisotopic (exact) mass is 426 g/mol. The Kier molecular flexibility index (Phi) is 8.16. The lowest BCUT2D eigenvalue weighted by atomic mass is 9.84. The number of anilines is 1. The third-order valence-electron chi connectivity index (χ3n) is 5.12. The number of phenolic OH excluding ortho intramolecular Hbond substituents is 1. The van der Waals surface area contributed by atoms with E-state index in [2.05, 4.69) is 20.9 Å². The van der Waals surface area contributed by atoms with E-state index >= 15 is 0 Å². The van der Waals surface area contributed by atoms with Crippen molar-refractivity contribution < 1.29 is 14.7 Å². The maximum absolute atomic E-state index is 13.0. The van der Waals surface area contributed by atoms with Gasteiger partial charge in [0.15, 0.2) is 0 Å². The first-order valence-electron chi connectivity index (χ1n) is 10.5. The number of amides is 2. The van der Waals surface area contributed by atoms with Gasteiger partial charge in [0.05, 0.1) is 6.04 Å². The Morgan fingerprint density at radius 3 is 2.35 bits per heavy atom. The maximum Gasteiger partial charge on any atom is 0.248 e. The zero-order valence-corrected chi connectivity index (χ0v) is 19.2. The van der Waals surface area contributed by atoms with Crippen molar-refractivity contribution in [3.8, 4) is 5.75 Å². The van der Waals surface area contributed by atoms with Gasteiger partial charge in [-0.15, -0.1) is 0 Å². The molecule has 31 heavy (non-hydrogen) atoms. The van der Waals surface area contributed by atoms with Crippen LogP contribution in [0.15, 0.2) is 42.6 Å². The van der Waals surface area contributed by atoms with Crippen LogP contribution in [-0.2, 0) is 21.4 Å². The number of benzene rings is 1. The largest absolute Gasteiger partial charge is 0.508 e. The lowest BCUT2D eigenvalue weighted by molar-refractivity contribution is -0.128. The zero-order valence-electron chi connectivity index (χ0n) is 19.2. The number of aromatic hydroxyl groups is 1. The summed E-state index contributed by atoms with van der Waals surface area (Å²) < 4.78 is 0. The van der Waals surface area contributed by atoms with E-state index in [-0.39, 0.29) is 35.3 Å². The van der Waals surface area contributed by atoms with Crippen molar-refractivity contribution in [2.24, 2.45) is 5.92 Å². The maximum atomic E-state index is 13.0. The van der Waals surface area contributed by atoms with E-state index in [1.807, 2.05) is 40.7 Å². The lowest BCUT2D eigenvalue weighted by Crippen LogP contribution is -2.53. The van der Waals surface area contributed by atoms with Crippen LogP contribution in [0.5, 0.6) is 5.75 Å². The first-order valence-corrected chi connectivity index (χ1v) is 10.5. The second kappa shape index (κ2) is 10.4. The van der Waals surface area contributed by atoms with E-state index in [1.54, 1.807) is 43.6 Å². The van der Waals surface area contributed by atoms with Crippen LogP contribution >= 0.6 is 0 Å². The number of nitrogens with zero attached hydrogens (tertiary/aromatic N) is 1. The van der Waals surface area contributed by atoms with Gasteiger partial charge in [0.2, 0.25) is 11.8 Å². The fourth-order valence-corrected chi connectivity index (χ4v) is 3.43. The molecular weight excluding hydrogens is 392 g/mol. The molecule has 0 saturated carbocycles. The molecule has 1 heterocycles. The third-order valence-corrected chi connectivity index (χ3v) is 5.12. The molecule has 1 aromatic carbocycles. The van der Waals surface area contributed by atoms with Gasteiger partial charge in [0.25, 0.3) is 0 Å². The smallest absolute Gasteiger partial charge is 0.248 e. The van der Waals surface area contributed by atoms with Gasteiger partial charge in [-0.3, -0.25) is 9.59 Å². The minimum absolute atomic E-state index is 0.0608. The molecule has 0 aliphatic rings. The summed E-state index contributed by atoms with van der Waals surface area (Å²) in [5, 5.41) is 18.9. The van der Waals surface area contributed by atoms with Crippen LogP contribution in [0, 0.1) is 5.92 Å². The first-order chi connectivity index (χ1) is 14.5. The predicted molar refractivity (Wildman–Crippen MR) is 123 cm³/mol. The van der Waals surface area contributed by atoms with Gasteiger partial charge in [0, 0.05) is 12.6 Å². The highest BCUT2D eigenvalue weighted by atomic mass is 16.3. The normalized spacial score (nSPS) is 13.5. The summed E-state index contributed by atoms with van der Waals surface area (Å²) in [7, 11) is 1.72. The Bertz CT molecular complexity index is 891. The molecule has 2 rings (SSSR count). The van der Waals surface area contributed by atoms with Crippen molar-refractivity contribution in [1.82, 2.24) is 15.6 Å². The summed E-state index contributed by atoms with van der Waals surface area (Å²) in [5.74, 6) is 0.0990. The number of hydrogen-bond acceptors (Lipinski definition) is 5. The molecule has 0 fully saturated rings. The Balaban J connectivity index is 2.31. The van der Waals surface area contributed by atoms with Gasteiger partial charge in [-0.1, -0.05) is 52.8 Å². The van der Waals surface area contributed by atoms with Crippen molar-refractivity contribution in [1.29, 1.82) is 0 Å². The van der Waals surface area contributed by atoms with Crippen LogP contribution < -0.4 is 16.0 Å². The number of aromatic nitrogens is 1. The summed E-state index contributed by atoms with van der Waals surface area (Å²) in [4.78, 5) is 30.0. The van der Waals surface area contributed by atoms with Crippen LogP contribution in [0.3, 0.4) is 0 Å². The van der Waals surface area contributed by atoms with Crippen molar-refractivity contribution in [2.45, 2.75) is 58.5 Å². The number of carbonyl (C=O) groups is 2. The molecule has 7 nitrogen and oxygen atoms in total. The molecule has 0 spiro atoms. The average molecular weight is 427 g/mol. The molecule has 0 aliphatic heterocycles. The van der Waals surface area contributed by atoms with Crippen molar-refractivity contribution in [2.75, 3.05) is 12.4 Å². The SMILES string of the molecule is CNC(C(=O)NC(Cc1ccc(O)c(C(C)(C)C)c1)C(=O)Nc1ccccn1)C(C)C. The highest BCUT2D eigenvalue weighted by Crippen LogP contribution is 2.31. The summed E-state index contributed by atoms with van der Waals surface area (Å²) in [5.41, 5.74) is 1.37. The van der Waals surface area contributed by atoms with Crippen molar-refractivity contribution >= 4 is 17.6 Å². The van der Waals surface area contributed by atoms with E-state index in [0.717, 1.165) is 11.1 Å². The Morgan fingerprint density at radius 1 is 1.10 bits per heavy atom. The number of nitrogens with one attached hydrogen (secondary N) is 3. The van der Waals surface area contributed by atoms with Gasteiger partial charge in [-0.2, -0.15) is 0 Å². The molecule has 0 saturated heterocycles. The minimum atomic E-state index is -0.804. The summed E-state index contributed by atoms with van der Waals surface area (Å²) in [6.45, 7) is 9.93. The topological polar surface area (TPSA) is 103 Å². The molecule has 7 heteroatoms. The van der Waals surface area contributed by atoms with Crippen LogP contribution in [0.2, 0.25) is 0 Å². The fourth-order valence-electron chi connectivity index (χ4n) is 3.43. The molecule has 0 radical (unpaired) electrons. The van der Waals surface area contributed by atoms with Gasteiger partial charge in [-0.25, -0.2) is 4.98 Å². The summed E-state index contributed by atoms with van der Waals surface area (Å²) in [6, 6.07) is 9.31. The number of rotatable bonds is 8. The van der Waals surface area contributed by atoms with Crippen molar-refractivity contribution in [3.63, 3.8) is 0 Å². The molecule has 1 aromatic heterocycles. The fraction of sp³-hybridized carbons (Fsp3) is 0.458. The van der Waals surface area contributed by atoms with Crippen LogP contribution in [0.4, 0.5) is 5.82 Å². The quantitative estimate of drug-likeness (QED) is 0.520. The van der Waals surface area contributed by atoms with E-state index in [0.29, 0.717) is 5.82 Å². The number of carbonyl (C=O) groups excluding carboxylic acids is 2. The molecule has 2 atom stereocenters. The molecule has 4 N–H and O–H groups in total. The van der Waals surface area contributed by atoms with E-state index in [1.165, 1.54) is 0 Å². The Hall–Kier alpha value is -2.93. The Morgan fingerprint density at radius 2 is 1.81 bits per heavy atom. The minimum Gasteiger partial charge on any atom is -0.508 e. The van der Waals surface area contributed by atoms with E-state index < -0.39 is 12.1 Å². The number of hydrogen-bond donors (Lipinski definition) is 4. The van der Waals surface area contributed by atoms with Crippen molar-refractivity contribution in [3.05, 3.63) is 53.7 Å². The third kappa shape index (κ3) is 6.79. The Labute approximate surface area is 184 Å². The molecular formula is C24H34N4O3. The lowest BCUT2D eigenvalue weighted by Gasteiger charge is -2.25. The number of pyridine rings is 1.